The van der Waals surface area contributed by atoms with Crippen LogP contribution in [-0.2, 0) is 0 Å². The first kappa shape index (κ1) is 13.0. The van der Waals surface area contributed by atoms with E-state index in [1.165, 1.54) is 25.7 Å². The number of hydrogen-bond donors (Lipinski definition) is 3. The summed E-state index contributed by atoms with van der Waals surface area (Å²) in [6, 6.07) is 7.14. The highest BCUT2D eigenvalue weighted by atomic mass is 16.4. The highest BCUT2D eigenvalue weighted by molar-refractivity contribution is 5.99. The first-order valence-corrected chi connectivity index (χ1v) is 7.08. The minimum absolute atomic E-state index is 0.0279. The number of nitrogens with one attached hydrogen (secondary N) is 1. The molecule has 4 N–H and O–H groups in total. The first-order chi connectivity index (χ1) is 9.69. The van der Waals surface area contributed by atoms with Crippen LogP contribution in [0.1, 0.15) is 41.6 Å². The molecular weight excluding hydrogens is 254 g/mol. The Morgan fingerprint density at radius 1 is 1.15 bits per heavy atom. The van der Waals surface area contributed by atoms with Gasteiger partial charge in [0.05, 0.1) is 0 Å². The molecule has 106 valence electrons. The Hall–Kier alpha value is -2.04. The lowest BCUT2D eigenvalue weighted by atomic mass is 10.1. The molecule has 1 aromatic carbocycles. The van der Waals surface area contributed by atoms with Crippen LogP contribution in [-0.4, -0.2) is 23.0 Å². The Morgan fingerprint density at radius 3 is 2.10 bits per heavy atom. The third kappa shape index (κ3) is 2.76. The quantitative estimate of drug-likeness (QED) is 0.330. The maximum absolute atomic E-state index is 12.2. The first-order valence-electron chi connectivity index (χ1n) is 7.08. The lowest BCUT2D eigenvalue weighted by Crippen LogP contribution is -2.38. The van der Waals surface area contributed by atoms with Crippen LogP contribution in [0.2, 0.25) is 0 Å². The smallest absolute Gasteiger partial charge is 0.251 e. The maximum Gasteiger partial charge on any atom is 0.251 e. The second-order valence-electron chi connectivity index (χ2n) is 5.74. The second kappa shape index (κ2) is 5.15. The molecule has 0 aromatic heterocycles. The number of benzene rings is 1. The largest absolute Gasteiger partial charge is 0.409 e. The van der Waals surface area contributed by atoms with Crippen LogP contribution < -0.4 is 11.1 Å². The van der Waals surface area contributed by atoms with Gasteiger partial charge in [0.1, 0.15) is 0 Å². The van der Waals surface area contributed by atoms with Crippen molar-refractivity contribution < 1.29 is 10.0 Å². The number of amidine groups is 1. The lowest BCUT2D eigenvalue weighted by Gasteiger charge is -2.17. The van der Waals surface area contributed by atoms with Gasteiger partial charge in [0.2, 0.25) is 0 Å². The van der Waals surface area contributed by atoms with Gasteiger partial charge < -0.3 is 16.3 Å². The molecule has 3 rings (SSSR count). The molecule has 0 atom stereocenters. The summed E-state index contributed by atoms with van der Waals surface area (Å²) >= 11 is 0. The Kier molecular flexibility index (Phi) is 3.34. The normalized spacial score (nSPS) is 19.1. The molecule has 0 spiro atoms. The van der Waals surface area contributed by atoms with Gasteiger partial charge in [-0.05, 0) is 49.7 Å². The minimum Gasteiger partial charge on any atom is -0.409 e. The zero-order valence-electron chi connectivity index (χ0n) is 11.2. The number of carbonyl (C=O) groups excluding carboxylic acids is 1. The summed E-state index contributed by atoms with van der Waals surface area (Å²) in [5, 5.41) is 14.7. The van der Waals surface area contributed by atoms with Crippen molar-refractivity contribution >= 4 is 11.7 Å². The van der Waals surface area contributed by atoms with E-state index in [0.29, 0.717) is 29.0 Å². The second-order valence-corrected chi connectivity index (χ2v) is 5.74. The molecule has 0 heterocycles. The van der Waals surface area contributed by atoms with E-state index in [-0.39, 0.29) is 11.7 Å². The fraction of sp³-hybridized carbons (Fsp3) is 0.467. The molecule has 1 aromatic rings. The molecular formula is C15H19N3O2. The summed E-state index contributed by atoms with van der Waals surface area (Å²) in [6.45, 7) is 0. The average Bonchev–Trinajstić information content (AvgIpc) is 3.36. The Balaban J connectivity index is 1.67. The number of nitrogens with two attached hydrogens (primary N) is 1. The van der Waals surface area contributed by atoms with Gasteiger partial charge in [-0.3, -0.25) is 4.79 Å². The van der Waals surface area contributed by atoms with Crippen molar-refractivity contribution in [3.05, 3.63) is 35.4 Å². The molecule has 5 heteroatoms. The standard InChI is InChI=1S/C15H19N3O2/c16-14(18-20)11-5-7-12(8-6-11)15(19)17-13(9-1-2-9)10-3-4-10/h5-10,13,20H,1-4H2,(H2,16,18)(H,17,19). The number of rotatable bonds is 5. The van der Waals surface area contributed by atoms with Crippen LogP contribution in [0.5, 0.6) is 0 Å². The van der Waals surface area contributed by atoms with E-state index in [4.69, 9.17) is 10.9 Å². The predicted molar refractivity (Wildman–Crippen MR) is 75.7 cm³/mol. The molecule has 5 nitrogen and oxygen atoms in total. The summed E-state index contributed by atoms with van der Waals surface area (Å²) in [6.07, 6.45) is 4.96. The third-order valence-electron chi connectivity index (χ3n) is 4.11. The van der Waals surface area contributed by atoms with E-state index >= 15 is 0 Å². The highest BCUT2D eigenvalue weighted by Gasteiger charge is 2.42. The minimum atomic E-state index is -0.0279. The SMILES string of the molecule is NC(=NO)c1ccc(C(=O)NC(C2CC2)C2CC2)cc1. The van der Waals surface area contributed by atoms with Gasteiger partial charge in [-0.25, -0.2) is 0 Å². The number of nitrogens with zero attached hydrogens (tertiary/aromatic N) is 1. The summed E-state index contributed by atoms with van der Waals surface area (Å²) in [5.41, 5.74) is 6.71. The van der Waals surface area contributed by atoms with Crippen molar-refractivity contribution in [3.8, 4) is 0 Å². The van der Waals surface area contributed by atoms with Crippen LogP contribution in [0.15, 0.2) is 29.4 Å². The Morgan fingerprint density at radius 2 is 1.65 bits per heavy atom. The zero-order chi connectivity index (χ0) is 14.1. The van der Waals surface area contributed by atoms with Crippen molar-refractivity contribution in [2.75, 3.05) is 0 Å². The monoisotopic (exact) mass is 273 g/mol. The average molecular weight is 273 g/mol. The highest BCUT2D eigenvalue weighted by Crippen LogP contribution is 2.44. The van der Waals surface area contributed by atoms with Crippen LogP contribution in [0.3, 0.4) is 0 Å². The van der Waals surface area contributed by atoms with Gasteiger partial charge in [-0.2, -0.15) is 0 Å². The molecule has 20 heavy (non-hydrogen) atoms. The van der Waals surface area contributed by atoms with Gasteiger partial charge >= 0.3 is 0 Å². The van der Waals surface area contributed by atoms with Crippen molar-refractivity contribution in [1.29, 1.82) is 0 Å². The number of carbonyl (C=O) groups is 1. The molecule has 2 aliphatic carbocycles. The number of oxime groups is 1. The molecule has 0 bridgehead atoms. The Bertz CT molecular complexity index is 519. The van der Waals surface area contributed by atoms with Gasteiger partial charge in [0.15, 0.2) is 5.84 Å². The zero-order valence-corrected chi connectivity index (χ0v) is 11.2. The van der Waals surface area contributed by atoms with Crippen molar-refractivity contribution in [1.82, 2.24) is 5.32 Å². The van der Waals surface area contributed by atoms with E-state index in [1.54, 1.807) is 24.3 Å². The summed E-state index contributed by atoms with van der Waals surface area (Å²) in [5.74, 6) is 1.39. The maximum atomic E-state index is 12.2. The molecule has 2 aliphatic rings. The van der Waals surface area contributed by atoms with Gasteiger partial charge in [-0.1, -0.05) is 17.3 Å². The molecule has 0 saturated heterocycles. The summed E-state index contributed by atoms with van der Waals surface area (Å²) in [7, 11) is 0. The van der Waals surface area contributed by atoms with E-state index < -0.39 is 0 Å². The van der Waals surface area contributed by atoms with E-state index in [2.05, 4.69) is 10.5 Å². The van der Waals surface area contributed by atoms with Crippen molar-refractivity contribution in [2.45, 2.75) is 31.7 Å². The summed E-state index contributed by atoms with van der Waals surface area (Å²) < 4.78 is 0. The number of hydrogen-bond acceptors (Lipinski definition) is 3. The molecule has 0 aliphatic heterocycles. The third-order valence-corrected chi connectivity index (χ3v) is 4.11. The van der Waals surface area contributed by atoms with Crippen LogP contribution in [0.4, 0.5) is 0 Å². The van der Waals surface area contributed by atoms with Crippen LogP contribution in [0, 0.1) is 11.8 Å². The van der Waals surface area contributed by atoms with E-state index in [1.807, 2.05) is 0 Å². The number of amides is 1. The molecule has 1 amide bonds. The lowest BCUT2D eigenvalue weighted by molar-refractivity contribution is 0.0926. The van der Waals surface area contributed by atoms with Gasteiger partial charge in [-0.15, -0.1) is 0 Å². The molecule has 2 saturated carbocycles. The van der Waals surface area contributed by atoms with Crippen LogP contribution >= 0.6 is 0 Å². The molecule has 0 radical (unpaired) electrons. The molecule has 2 fully saturated rings. The van der Waals surface area contributed by atoms with Crippen molar-refractivity contribution in [3.63, 3.8) is 0 Å². The van der Waals surface area contributed by atoms with Crippen LogP contribution in [0.25, 0.3) is 0 Å². The fourth-order valence-electron chi connectivity index (χ4n) is 2.62. The summed E-state index contributed by atoms with van der Waals surface area (Å²) in [4.78, 5) is 12.2. The molecule has 0 unspecified atom stereocenters. The van der Waals surface area contributed by atoms with Gasteiger partial charge in [0, 0.05) is 17.2 Å². The fourth-order valence-corrected chi connectivity index (χ4v) is 2.62. The van der Waals surface area contributed by atoms with E-state index in [9.17, 15) is 4.79 Å². The van der Waals surface area contributed by atoms with E-state index in [0.717, 1.165) is 0 Å². The Labute approximate surface area is 117 Å². The van der Waals surface area contributed by atoms with Crippen molar-refractivity contribution in [2.24, 2.45) is 22.7 Å². The topological polar surface area (TPSA) is 87.7 Å². The van der Waals surface area contributed by atoms with Gasteiger partial charge in [0.25, 0.3) is 5.91 Å². The predicted octanol–water partition coefficient (Wildman–Crippen LogP) is 1.70.